The maximum Gasteiger partial charge on any atom is 0.335 e. The van der Waals surface area contributed by atoms with Crippen molar-refractivity contribution in [3.05, 3.63) is 47.5 Å². The van der Waals surface area contributed by atoms with Crippen LogP contribution < -0.4 is 9.47 Å². The molecule has 0 bridgehead atoms. The van der Waals surface area contributed by atoms with Crippen LogP contribution in [0, 0.1) is 0 Å². The van der Waals surface area contributed by atoms with Crippen LogP contribution in [0.4, 0.5) is 0 Å². The van der Waals surface area contributed by atoms with Crippen molar-refractivity contribution >= 4 is 17.0 Å². The van der Waals surface area contributed by atoms with Crippen molar-refractivity contribution in [3.8, 4) is 11.5 Å². The molecule has 0 unspecified atom stereocenters. The van der Waals surface area contributed by atoms with Crippen molar-refractivity contribution in [2.75, 3.05) is 26.8 Å². The van der Waals surface area contributed by atoms with Gasteiger partial charge in [-0.25, -0.2) is 9.48 Å². The number of carboxylic acids is 1. The number of benzene rings is 2. The van der Waals surface area contributed by atoms with Crippen molar-refractivity contribution in [3.63, 3.8) is 0 Å². The third kappa shape index (κ3) is 4.85. The van der Waals surface area contributed by atoms with E-state index in [0.717, 1.165) is 62.3 Å². The fraction of sp³-hybridized carbons (Fsp3) is 0.458. The van der Waals surface area contributed by atoms with Gasteiger partial charge in [-0.15, -0.1) is 5.10 Å². The molecule has 8 nitrogen and oxygen atoms in total. The van der Waals surface area contributed by atoms with Crippen LogP contribution in [0.1, 0.15) is 54.6 Å². The van der Waals surface area contributed by atoms with Gasteiger partial charge >= 0.3 is 5.97 Å². The van der Waals surface area contributed by atoms with E-state index in [1.165, 1.54) is 5.56 Å². The van der Waals surface area contributed by atoms with Crippen LogP contribution in [0.5, 0.6) is 11.5 Å². The van der Waals surface area contributed by atoms with E-state index >= 15 is 0 Å². The first-order valence-electron chi connectivity index (χ1n) is 11.2. The normalized spacial score (nSPS) is 15.2. The predicted molar refractivity (Wildman–Crippen MR) is 121 cm³/mol. The summed E-state index contributed by atoms with van der Waals surface area (Å²) in [7, 11) is 1.67. The molecule has 2 heterocycles. The van der Waals surface area contributed by atoms with Gasteiger partial charge in [-0.1, -0.05) is 24.6 Å². The highest BCUT2D eigenvalue weighted by atomic mass is 16.5. The summed E-state index contributed by atoms with van der Waals surface area (Å²) in [6.45, 7) is 5.62. The third-order valence-electron chi connectivity index (χ3n) is 6.01. The second kappa shape index (κ2) is 9.99. The Hall–Kier alpha value is -3.13. The summed E-state index contributed by atoms with van der Waals surface area (Å²) in [5.41, 5.74) is 2.96. The molecule has 8 heteroatoms. The number of carboxylic acid groups (broad SMARTS) is 1. The summed E-state index contributed by atoms with van der Waals surface area (Å²) in [5, 5.41) is 17.7. The molecule has 32 heavy (non-hydrogen) atoms. The molecular formula is C24H30N4O4. The number of aromatic nitrogens is 3. The van der Waals surface area contributed by atoms with Crippen LogP contribution >= 0.6 is 0 Å². The number of aromatic carboxylic acids is 1. The second-order valence-electron chi connectivity index (χ2n) is 8.24. The highest BCUT2D eigenvalue weighted by Crippen LogP contribution is 2.30. The van der Waals surface area contributed by atoms with E-state index in [1.54, 1.807) is 19.2 Å². The molecule has 0 spiro atoms. The summed E-state index contributed by atoms with van der Waals surface area (Å²) in [6, 6.07) is 11.4. The lowest BCUT2D eigenvalue weighted by Gasteiger charge is -2.32. The Morgan fingerprint density at radius 1 is 1.16 bits per heavy atom. The summed E-state index contributed by atoms with van der Waals surface area (Å²) in [4.78, 5) is 13.6. The van der Waals surface area contributed by atoms with Crippen LogP contribution in [0.3, 0.4) is 0 Å². The number of rotatable bonds is 9. The van der Waals surface area contributed by atoms with Gasteiger partial charge in [0, 0.05) is 19.6 Å². The number of likely N-dealkylation sites (tertiary alicyclic amines) is 1. The Balaban J connectivity index is 1.38. The zero-order chi connectivity index (χ0) is 22.5. The molecule has 2 aromatic carbocycles. The van der Waals surface area contributed by atoms with Crippen molar-refractivity contribution < 1.29 is 19.4 Å². The van der Waals surface area contributed by atoms with Gasteiger partial charge in [-0.3, -0.25) is 4.90 Å². The second-order valence-corrected chi connectivity index (χ2v) is 8.24. The van der Waals surface area contributed by atoms with Crippen molar-refractivity contribution in [2.24, 2.45) is 0 Å². The topological polar surface area (TPSA) is 89.7 Å². The summed E-state index contributed by atoms with van der Waals surface area (Å²) in [5.74, 6) is 0.628. The average Bonchev–Trinajstić information content (AvgIpc) is 3.23. The van der Waals surface area contributed by atoms with Crippen LogP contribution in [0.15, 0.2) is 36.4 Å². The fourth-order valence-electron chi connectivity index (χ4n) is 4.18. The largest absolute Gasteiger partial charge is 0.493 e. The van der Waals surface area contributed by atoms with E-state index in [-0.39, 0.29) is 11.6 Å². The number of methoxy groups -OCH3 is 1. The standard InChI is InChI=1S/C24H30N4O4/c1-3-4-13-32-23-14-17(5-8-22(23)31-2)16-27-11-9-19(10-12-27)28-21-7-6-18(24(29)30)15-20(21)25-26-28/h5-8,14-15,19H,3-4,9-13,16H2,1-2H3,(H,29,30). The molecule has 4 rings (SSSR count). The van der Waals surface area contributed by atoms with E-state index in [2.05, 4.69) is 34.3 Å². The van der Waals surface area contributed by atoms with Crippen molar-refractivity contribution in [1.29, 1.82) is 0 Å². The molecular weight excluding hydrogens is 408 g/mol. The summed E-state index contributed by atoms with van der Waals surface area (Å²) < 4.78 is 13.3. The van der Waals surface area contributed by atoms with Gasteiger partial charge in [0.05, 0.1) is 30.8 Å². The Morgan fingerprint density at radius 2 is 1.97 bits per heavy atom. The SMILES string of the molecule is CCCCOc1cc(CN2CCC(n3nnc4cc(C(=O)O)ccc43)CC2)ccc1OC. The first-order chi connectivity index (χ1) is 15.6. The number of unbranched alkanes of at least 4 members (excludes halogenated alkanes) is 1. The summed E-state index contributed by atoms with van der Waals surface area (Å²) in [6.07, 6.45) is 4.05. The minimum atomic E-state index is -0.952. The third-order valence-corrected chi connectivity index (χ3v) is 6.01. The minimum Gasteiger partial charge on any atom is -0.493 e. The van der Waals surface area contributed by atoms with Gasteiger partial charge < -0.3 is 14.6 Å². The molecule has 0 atom stereocenters. The highest BCUT2D eigenvalue weighted by Gasteiger charge is 2.23. The highest BCUT2D eigenvalue weighted by molar-refractivity contribution is 5.92. The molecule has 170 valence electrons. The molecule has 0 radical (unpaired) electrons. The zero-order valence-corrected chi connectivity index (χ0v) is 18.7. The summed E-state index contributed by atoms with van der Waals surface area (Å²) >= 11 is 0. The van der Waals surface area contributed by atoms with Crippen LogP contribution in [0.25, 0.3) is 11.0 Å². The lowest BCUT2D eigenvalue weighted by atomic mass is 10.0. The van der Waals surface area contributed by atoms with Gasteiger partial charge in [0.2, 0.25) is 0 Å². The number of hydrogen-bond donors (Lipinski definition) is 1. The number of carbonyl (C=O) groups is 1. The minimum absolute atomic E-state index is 0.233. The lowest BCUT2D eigenvalue weighted by Crippen LogP contribution is -2.34. The number of fused-ring (bicyclic) bond motifs is 1. The van der Waals surface area contributed by atoms with Gasteiger partial charge in [0.15, 0.2) is 11.5 Å². The van der Waals surface area contributed by atoms with E-state index in [4.69, 9.17) is 9.47 Å². The Bertz CT molecular complexity index is 1070. The molecule has 1 N–H and O–H groups in total. The van der Waals surface area contributed by atoms with Crippen LogP contribution in [-0.2, 0) is 6.54 Å². The van der Waals surface area contributed by atoms with Gasteiger partial charge in [-0.05, 0) is 55.2 Å². The molecule has 1 fully saturated rings. The van der Waals surface area contributed by atoms with E-state index in [0.29, 0.717) is 12.1 Å². The quantitative estimate of drug-likeness (QED) is 0.502. The zero-order valence-electron chi connectivity index (χ0n) is 18.7. The number of nitrogens with zero attached hydrogens (tertiary/aromatic N) is 4. The monoisotopic (exact) mass is 438 g/mol. The van der Waals surface area contributed by atoms with E-state index in [9.17, 15) is 9.90 Å². The van der Waals surface area contributed by atoms with Gasteiger partial charge in [0.25, 0.3) is 0 Å². The molecule has 0 saturated carbocycles. The van der Waals surface area contributed by atoms with E-state index < -0.39 is 5.97 Å². The number of hydrogen-bond acceptors (Lipinski definition) is 6. The maximum absolute atomic E-state index is 11.2. The maximum atomic E-state index is 11.2. The van der Waals surface area contributed by atoms with Crippen LogP contribution in [0.2, 0.25) is 0 Å². The van der Waals surface area contributed by atoms with Crippen molar-refractivity contribution in [1.82, 2.24) is 19.9 Å². The number of piperidine rings is 1. The molecule has 1 aromatic heterocycles. The molecule has 1 aliphatic heterocycles. The number of ether oxygens (including phenoxy) is 2. The first kappa shape index (κ1) is 22.1. The Kier molecular flexibility index (Phi) is 6.90. The Morgan fingerprint density at radius 3 is 2.69 bits per heavy atom. The van der Waals surface area contributed by atoms with Crippen LogP contribution in [-0.4, -0.2) is 57.8 Å². The average molecular weight is 439 g/mol. The first-order valence-corrected chi connectivity index (χ1v) is 11.2. The molecule has 1 aliphatic rings. The molecule has 0 amide bonds. The lowest BCUT2D eigenvalue weighted by molar-refractivity contribution is 0.0697. The smallest absolute Gasteiger partial charge is 0.335 e. The molecule has 1 saturated heterocycles. The van der Waals surface area contributed by atoms with Crippen molar-refractivity contribution in [2.45, 2.75) is 45.2 Å². The molecule has 3 aromatic rings. The molecule has 0 aliphatic carbocycles. The van der Waals surface area contributed by atoms with E-state index in [1.807, 2.05) is 16.8 Å². The predicted octanol–water partition coefficient (Wildman–Crippen LogP) is 4.15. The Labute approximate surface area is 187 Å². The fourth-order valence-corrected chi connectivity index (χ4v) is 4.18. The van der Waals surface area contributed by atoms with Gasteiger partial charge in [-0.2, -0.15) is 0 Å². The van der Waals surface area contributed by atoms with Gasteiger partial charge in [0.1, 0.15) is 5.52 Å².